The van der Waals surface area contributed by atoms with Gasteiger partial charge in [0, 0.05) is 29.3 Å². The van der Waals surface area contributed by atoms with E-state index in [2.05, 4.69) is 4.98 Å². The smallest absolute Gasteiger partial charge is 0.255 e. The van der Waals surface area contributed by atoms with Crippen LogP contribution in [0.4, 0.5) is 4.39 Å². The minimum Gasteiger partial charge on any atom is -0.329 e. The highest BCUT2D eigenvalue weighted by Crippen LogP contribution is 2.40. The molecule has 0 atom stereocenters. The van der Waals surface area contributed by atoms with Crippen molar-refractivity contribution in [2.45, 2.75) is 18.8 Å². The van der Waals surface area contributed by atoms with Crippen molar-refractivity contribution in [2.24, 2.45) is 0 Å². The third-order valence-electron chi connectivity index (χ3n) is 4.06. The molecule has 1 saturated carbocycles. The third-order valence-corrected chi connectivity index (χ3v) is 5.02. The number of carbonyl (C=O) groups is 1. The Balaban J connectivity index is 1.87. The van der Waals surface area contributed by atoms with Gasteiger partial charge in [-0.1, -0.05) is 0 Å². The van der Waals surface area contributed by atoms with Gasteiger partial charge in [0.05, 0.1) is 17.0 Å². The Bertz CT molecular complexity index is 724. The Hall–Kier alpha value is -1.62. The summed E-state index contributed by atoms with van der Waals surface area (Å²) < 4.78 is 13.6. The van der Waals surface area contributed by atoms with Gasteiger partial charge >= 0.3 is 0 Å². The molecule has 1 aromatic heterocycles. The maximum Gasteiger partial charge on any atom is 0.255 e. The van der Waals surface area contributed by atoms with Gasteiger partial charge in [-0.15, -0.1) is 11.8 Å². The summed E-state index contributed by atoms with van der Waals surface area (Å²) in [6, 6.07) is 6.39. The van der Waals surface area contributed by atoms with Crippen LogP contribution in [0.3, 0.4) is 0 Å². The van der Waals surface area contributed by atoms with Crippen LogP contribution >= 0.6 is 11.8 Å². The molecule has 2 heterocycles. The quantitative estimate of drug-likeness (QED) is 0.852. The van der Waals surface area contributed by atoms with Crippen molar-refractivity contribution < 1.29 is 9.18 Å². The molecule has 2 aliphatic rings. The molecular weight excluding hydrogens is 287 g/mol. The first-order valence-electron chi connectivity index (χ1n) is 7.19. The average molecular weight is 302 g/mol. The van der Waals surface area contributed by atoms with E-state index >= 15 is 0 Å². The van der Waals surface area contributed by atoms with Crippen molar-refractivity contribution in [1.29, 1.82) is 0 Å². The lowest BCUT2D eigenvalue weighted by atomic mass is 10.0. The van der Waals surface area contributed by atoms with Crippen LogP contribution in [0.15, 0.2) is 24.3 Å². The minimum absolute atomic E-state index is 0.0000926. The zero-order valence-electron chi connectivity index (χ0n) is 11.5. The third kappa shape index (κ3) is 2.39. The lowest BCUT2D eigenvalue weighted by molar-refractivity contribution is 0.0804. The molecule has 108 valence electrons. The van der Waals surface area contributed by atoms with E-state index in [1.807, 2.05) is 11.0 Å². The van der Waals surface area contributed by atoms with Crippen LogP contribution in [0.25, 0.3) is 10.9 Å². The first-order valence-corrected chi connectivity index (χ1v) is 8.35. The highest BCUT2D eigenvalue weighted by atomic mass is 32.2. The largest absolute Gasteiger partial charge is 0.329 e. The average Bonchev–Trinajstić information content (AvgIpc) is 3.20. The normalized spacial score (nSPS) is 18.4. The lowest BCUT2D eigenvalue weighted by Crippen LogP contribution is -2.28. The molecule has 1 saturated heterocycles. The number of amides is 1. The molecule has 2 aromatic rings. The van der Waals surface area contributed by atoms with E-state index in [9.17, 15) is 9.18 Å². The molecule has 1 aromatic carbocycles. The van der Waals surface area contributed by atoms with E-state index in [1.54, 1.807) is 17.8 Å². The zero-order valence-corrected chi connectivity index (χ0v) is 12.3. The lowest BCUT2D eigenvalue weighted by Gasteiger charge is -2.16. The first-order chi connectivity index (χ1) is 10.2. The Morgan fingerprint density at radius 2 is 2.19 bits per heavy atom. The molecule has 1 aliphatic heterocycles. The number of nitrogens with zero attached hydrogens (tertiary/aromatic N) is 2. The Morgan fingerprint density at radius 3 is 2.90 bits per heavy atom. The van der Waals surface area contributed by atoms with E-state index in [-0.39, 0.29) is 11.7 Å². The second kappa shape index (κ2) is 4.98. The molecule has 1 amide bonds. The molecule has 3 nitrogen and oxygen atoms in total. The summed E-state index contributed by atoms with van der Waals surface area (Å²) in [6.45, 7) is 0.765. The number of pyridine rings is 1. The summed E-state index contributed by atoms with van der Waals surface area (Å²) in [5, 5.41) is 0.626. The summed E-state index contributed by atoms with van der Waals surface area (Å²) >= 11 is 1.75. The Kier molecular flexibility index (Phi) is 3.10. The van der Waals surface area contributed by atoms with Crippen molar-refractivity contribution in [3.05, 3.63) is 41.3 Å². The number of rotatable bonds is 2. The van der Waals surface area contributed by atoms with Gasteiger partial charge in [-0.3, -0.25) is 9.78 Å². The summed E-state index contributed by atoms with van der Waals surface area (Å²) in [4.78, 5) is 19.2. The van der Waals surface area contributed by atoms with Gasteiger partial charge in [-0.05, 0) is 37.1 Å². The monoisotopic (exact) mass is 302 g/mol. The van der Waals surface area contributed by atoms with Crippen molar-refractivity contribution in [3.8, 4) is 0 Å². The molecule has 0 unspecified atom stereocenters. The van der Waals surface area contributed by atoms with Crippen LogP contribution in [-0.4, -0.2) is 34.0 Å². The summed E-state index contributed by atoms with van der Waals surface area (Å²) in [5.41, 5.74) is 2.30. The molecular formula is C16H15FN2OS. The number of thioether (sulfide) groups is 1. The summed E-state index contributed by atoms with van der Waals surface area (Å²) in [7, 11) is 0. The van der Waals surface area contributed by atoms with Crippen molar-refractivity contribution in [2.75, 3.05) is 18.2 Å². The molecule has 0 N–H and O–H groups in total. The minimum atomic E-state index is -0.326. The standard InChI is InChI=1S/C16H15FN2OS/c17-11-3-4-14-12(7-11)13(8-15(18-14)10-1-2-10)16(20)19-5-6-21-9-19/h3-4,7-8,10H,1-2,5-6,9H2. The molecule has 0 bridgehead atoms. The SMILES string of the molecule is O=C(c1cc(C2CC2)nc2ccc(F)cc12)N1CCSC1. The van der Waals surface area contributed by atoms with Gasteiger partial charge in [-0.25, -0.2) is 4.39 Å². The fourth-order valence-corrected chi connectivity index (χ4v) is 3.67. The van der Waals surface area contributed by atoms with Crippen LogP contribution in [-0.2, 0) is 0 Å². The predicted octanol–water partition coefficient (Wildman–Crippen LogP) is 3.40. The van der Waals surface area contributed by atoms with Gasteiger partial charge in [-0.2, -0.15) is 0 Å². The van der Waals surface area contributed by atoms with Crippen LogP contribution in [0, 0.1) is 5.82 Å². The summed E-state index contributed by atoms with van der Waals surface area (Å²) in [5.74, 6) is 1.84. The van der Waals surface area contributed by atoms with E-state index < -0.39 is 0 Å². The predicted molar refractivity (Wildman–Crippen MR) is 82.0 cm³/mol. The van der Waals surface area contributed by atoms with Crippen LogP contribution in [0.2, 0.25) is 0 Å². The molecule has 4 rings (SSSR count). The Morgan fingerprint density at radius 1 is 1.33 bits per heavy atom. The fraction of sp³-hybridized carbons (Fsp3) is 0.375. The van der Waals surface area contributed by atoms with Crippen LogP contribution < -0.4 is 0 Å². The molecule has 2 fully saturated rings. The fourth-order valence-electron chi connectivity index (χ4n) is 2.73. The van der Waals surface area contributed by atoms with Gasteiger partial charge in [0.25, 0.3) is 5.91 Å². The maximum absolute atomic E-state index is 13.6. The number of halogens is 1. The highest BCUT2D eigenvalue weighted by Gasteiger charge is 2.28. The maximum atomic E-state index is 13.6. The van der Waals surface area contributed by atoms with E-state index in [4.69, 9.17) is 0 Å². The second-order valence-corrected chi connectivity index (χ2v) is 6.71. The zero-order chi connectivity index (χ0) is 14.4. The van der Waals surface area contributed by atoms with Crippen molar-refractivity contribution in [3.63, 3.8) is 0 Å². The molecule has 0 spiro atoms. The highest BCUT2D eigenvalue weighted by molar-refractivity contribution is 7.99. The van der Waals surface area contributed by atoms with Crippen molar-refractivity contribution in [1.82, 2.24) is 9.88 Å². The number of aromatic nitrogens is 1. The molecule has 21 heavy (non-hydrogen) atoms. The second-order valence-electron chi connectivity index (χ2n) is 5.64. The van der Waals surface area contributed by atoms with Crippen LogP contribution in [0.5, 0.6) is 0 Å². The van der Waals surface area contributed by atoms with Gasteiger partial charge < -0.3 is 4.90 Å². The number of benzene rings is 1. The molecule has 1 aliphatic carbocycles. The number of hydrogen-bond donors (Lipinski definition) is 0. The van der Waals surface area contributed by atoms with Crippen molar-refractivity contribution >= 4 is 28.6 Å². The van der Waals surface area contributed by atoms with Gasteiger partial charge in [0.15, 0.2) is 0 Å². The summed E-state index contributed by atoms with van der Waals surface area (Å²) in [6.07, 6.45) is 2.26. The van der Waals surface area contributed by atoms with Gasteiger partial charge in [0.1, 0.15) is 5.82 Å². The Labute approximate surface area is 126 Å². The molecule has 0 radical (unpaired) electrons. The van der Waals surface area contributed by atoms with E-state index in [0.717, 1.165) is 42.2 Å². The van der Waals surface area contributed by atoms with E-state index in [0.29, 0.717) is 16.9 Å². The topological polar surface area (TPSA) is 33.2 Å². The number of fused-ring (bicyclic) bond motifs is 1. The first kappa shape index (κ1) is 13.1. The number of carbonyl (C=O) groups excluding carboxylic acids is 1. The van der Waals surface area contributed by atoms with E-state index in [1.165, 1.54) is 12.1 Å². The molecule has 5 heteroatoms. The van der Waals surface area contributed by atoms with Crippen LogP contribution in [0.1, 0.15) is 34.8 Å². The number of hydrogen-bond acceptors (Lipinski definition) is 3. The van der Waals surface area contributed by atoms with Gasteiger partial charge in [0.2, 0.25) is 0 Å².